The van der Waals surface area contributed by atoms with Crippen molar-refractivity contribution < 1.29 is 4.79 Å². The number of nitrogens with zero attached hydrogens (tertiary/aromatic N) is 2. The van der Waals surface area contributed by atoms with Gasteiger partial charge >= 0.3 is 0 Å². The van der Waals surface area contributed by atoms with Gasteiger partial charge in [-0.25, -0.2) is 0 Å². The van der Waals surface area contributed by atoms with Crippen molar-refractivity contribution in [3.63, 3.8) is 0 Å². The summed E-state index contributed by atoms with van der Waals surface area (Å²) in [7, 11) is 0. The first-order chi connectivity index (χ1) is 14.3. The molecule has 1 atom stereocenters. The third kappa shape index (κ3) is 3.47. The van der Waals surface area contributed by atoms with Crippen LogP contribution < -0.4 is 5.32 Å². The molecule has 2 aliphatic rings. The van der Waals surface area contributed by atoms with Gasteiger partial charge in [-0.05, 0) is 30.5 Å². The second kappa shape index (κ2) is 7.84. The summed E-state index contributed by atoms with van der Waals surface area (Å²) in [5, 5.41) is 11.4. The Morgan fingerprint density at radius 2 is 1.72 bits per heavy atom. The van der Waals surface area contributed by atoms with E-state index in [1.54, 1.807) is 0 Å². The minimum absolute atomic E-state index is 0.0223. The highest BCUT2D eigenvalue weighted by molar-refractivity contribution is 5.82. The molecule has 0 bridgehead atoms. The normalized spacial score (nSPS) is 18.8. The number of amides is 1. The van der Waals surface area contributed by atoms with Gasteiger partial charge < -0.3 is 10.2 Å². The average molecular weight is 386 g/mol. The largest absolute Gasteiger partial charge is 0.336 e. The fourth-order valence-electron chi connectivity index (χ4n) is 4.66. The summed E-state index contributed by atoms with van der Waals surface area (Å²) >= 11 is 0. The van der Waals surface area contributed by atoms with Gasteiger partial charge in [0.05, 0.1) is 17.7 Å². The molecule has 0 spiro atoms. The van der Waals surface area contributed by atoms with Gasteiger partial charge in [-0.2, -0.15) is 5.10 Å². The lowest BCUT2D eigenvalue weighted by molar-refractivity contribution is -0.134. The highest BCUT2D eigenvalue weighted by Gasteiger charge is 2.33. The van der Waals surface area contributed by atoms with E-state index in [1.165, 1.54) is 22.4 Å². The Hall–Kier alpha value is -2.92. The smallest absolute Gasteiger partial charge is 0.240 e. The van der Waals surface area contributed by atoms with Gasteiger partial charge in [-0.1, -0.05) is 60.7 Å². The van der Waals surface area contributed by atoms with Crippen molar-refractivity contribution in [2.24, 2.45) is 0 Å². The molecule has 3 aromatic rings. The quantitative estimate of drug-likeness (QED) is 0.724. The molecule has 0 radical (unpaired) electrons. The molecule has 1 fully saturated rings. The van der Waals surface area contributed by atoms with Crippen LogP contribution in [0.3, 0.4) is 0 Å². The summed E-state index contributed by atoms with van der Waals surface area (Å²) in [6.45, 7) is 2.33. The molecule has 2 aliphatic heterocycles. The van der Waals surface area contributed by atoms with E-state index in [0.717, 1.165) is 38.0 Å². The van der Waals surface area contributed by atoms with E-state index >= 15 is 0 Å². The van der Waals surface area contributed by atoms with E-state index in [9.17, 15) is 4.79 Å². The number of hydrogen-bond acceptors (Lipinski definition) is 3. The lowest BCUT2D eigenvalue weighted by Crippen LogP contribution is -2.45. The van der Waals surface area contributed by atoms with Gasteiger partial charge in [0.2, 0.25) is 5.91 Å². The molecule has 1 amide bonds. The standard InChI is InChI=1S/C24H26N4O/c29-24(21-12-7-14-25-21)28-15-13-20-19(16-28)23(27-26-20)22(17-8-3-1-4-9-17)18-10-5-2-6-11-18/h1-6,8-11,21-22,25H,7,12-16H2,(H,26,27)/t21-/m1/s1. The summed E-state index contributed by atoms with van der Waals surface area (Å²) in [5.74, 6) is 0.285. The van der Waals surface area contributed by atoms with Crippen LogP contribution in [0.4, 0.5) is 0 Å². The van der Waals surface area contributed by atoms with Crippen molar-refractivity contribution in [1.29, 1.82) is 0 Å². The van der Waals surface area contributed by atoms with E-state index in [-0.39, 0.29) is 17.9 Å². The third-order valence-electron chi connectivity index (χ3n) is 6.17. The van der Waals surface area contributed by atoms with Gasteiger partial charge in [0, 0.05) is 30.8 Å². The highest BCUT2D eigenvalue weighted by Crippen LogP contribution is 2.35. The van der Waals surface area contributed by atoms with Crippen molar-refractivity contribution in [3.05, 3.63) is 88.7 Å². The zero-order valence-electron chi connectivity index (χ0n) is 16.5. The van der Waals surface area contributed by atoms with Crippen LogP contribution in [0.5, 0.6) is 0 Å². The Balaban J connectivity index is 1.51. The van der Waals surface area contributed by atoms with E-state index in [2.05, 4.69) is 58.9 Å². The fourth-order valence-corrected chi connectivity index (χ4v) is 4.66. The number of aromatic amines is 1. The van der Waals surface area contributed by atoms with Gasteiger partial charge in [-0.15, -0.1) is 0 Å². The third-order valence-corrected chi connectivity index (χ3v) is 6.17. The van der Waals surface area contributed by atoms with Crippen LogP contribution in [0.2, 0.25) is 0 Å². The molecular formula is C24H26N4O. The van der Waals surface area contributed by atoms with Crippen molar-refractivity contribution in [3.8, 4) is 0 Å². The monoisotopic (exact) mass is 386 g/mol. The second-order valence-corrected chi connectivity index (χ2v) is 7.98. The summed E-state index contributed by atoms with van der Waals surface area (Å²) in [5.41, 5.74) is 5.82. The van der Waals surface area contributed by atoms with Gasteiger partial charge in [0.15, 0.2) is 0 Å². The number of benzene rings is 2. The minimum atomic E-state index is -0.0223. The molecule has 3 heterocycles. The number of rotatable bonds is 4. The molecule has 2 aromatic carbocycles. The average Bonchev–Trinajstić information content (AvgIpc) is 3.45. The Morgan fingerprint density at radius 1 is 1.03 bits per heavy atom. The van der Waals surface area contributed by atoms with Gasteiger partial charge in [0.1, 0.15) is 0 Å². The lowest BCUT2D eigenvalue weighted by atomic mass is 9.85. The lowest BCUT2D eigenvalue weighted by Gasteiger charge is -2.30. The van der Waals surface area contributed by atoms with Crippen LogP contribution in [0.1, 0.15) is 46.8 Å². The predicted molar refractivity (Wildman–Crippen MR) is 113 cm³/mol. The number of fused-ring (bicyclic) bond motifs is 1. The van der Waals surface area contributed by atoms with E-state index < -0.39 is 0 Å². The van der Waals surface area contributed by atoms with Crippen molar-refractivity contribution >= 4 is 5.91 Å². The van der Waals surface area contributed by atoms with Crippen LogP contribution in [0.25, 0.3) is 0 Å². The molecule has 5 nitrogen and oxygen atoms in total. The fraction of sp³-hybridized carbons (Fsp3) is 0.333. The molecule has 0 unspecified atom stereocenters. The first kappa shape index (κ1) is 18.1. The molecule has 2 N–H and O–H groups in total. The Kier molecular flexibility index (Phi) is 4.90. The number of H-pyrrole nitrogens is 1. The molecule has 148 valence electrons. The first-order valence-corrected chi connectivity index (χ1v) is 10.5. The van der Waals surface area contributed by atoms with E-state index in [4.69, 9.17) is 5.10 Å². The van der Waals surface area contributed by atoms with Crippen LogP contribution >= 0.6 is 0 Å². The number of carbonyl (C=O) groups is 1. The van der Waals surface area contributed by atoms with Gasteiger partial charge in [-0.3, -0.25) is 9.89 Å². The SMILES string of the molecule is O=C([C@H]1CCCN1)N1CCc2[nH]nc(C(c3ccccc3)c3ccccc3)c2C1. The van der Waals surface area contributed by atoms with Crippen LogP contribution in [-0.4, -0.2) is 40.1 Å². The summed E-state index contributed by atoms with van der Waals surface area (Å²) in [4.78, 5) is 15.0. The van der Waals surface area contributed by atoms with Crippen molar-refractivity contribution in [1.82, 2.24) is 20.4 Å². The Bertz CT molecular complexity index is 937. The maximum Gasteiger partial charge on any atom is 0.240 e. The number of hydrogen-bond donors (Lipinski definition) is 2. The molecule has 5 rings (SSSR count). The van der Waals surface area contributed by atoms with Crippen LogP contribution in [-0.2, 0) is 17.8 Å². The van der Waals surface area contributed by atoms with Crippen LogP contribution in [0.15, 0.2) is 60.7 Å². The zero-order chi connectivity index (χ0) is 19.6. The summed E-state index contributed by atoms with van der Waals surface area (Å²) in [6, 6.07) is 21.0. The molecule has 1 aromatic heterocycles. The predicted octanol–water partition coefficient (Wildman–Crippen LogP) is 3.23. The maximum absolute atomic E-state index is 13.0. The molecule has 5 heteroatoms. The number of carbonyl (C=O) groups excluding carboxylic acids is 1. The van der Waals surface area contributed by atoms with Gasteiger partial charge in [0.25, 0.3) is 0 Å². The Labute approximate surface area is 171 Å². The summed E-state index contributed by atoms with van der Waals surface area (Å²) in [6.07, 6.45) is 2.85. The van der Waals surface area contributed by atoms with Crippen molar-refractivity contribution in [2.45, 2.75) is 37.8 Å². The van der Waals surface area contributed by atoms with E-state index in [0.29, 0.717) is 6.54 Å². The summed E-state index contributed by atoms with van der Waals surface area (Å²) < 4.78 is 0. The Morgan fingerprint density at radius 3 is 2.34 bits per heavy atom. The first-order valence-electron chi connectivity index (χ1n) is 10.5. The number of nitrogens with one attached hydrogen (secondary N) is 2. The molecule has 0 saturated carbocycles. The topological polar surface area (TPSA) is 61.0 Å². The minimum Gasteiger partial charge on any atom is -0.336 e. The number of aromatic nitrogens is 2. The van der Waals surface area contributed by atoms with E-state index in [1.807, 2.05) is 17.0 Å². The molecule has 0 aliphatic carbocycles. The van der Waals surface area contributed by atoms with Crippen molar-refractivity contribution in [2.75, 3.05) is 13.1 Å². The second-order valence-electron chi connectivity index (χ2n) is 7.98. The maximum atomic E-state index is 13.0. The highest BCUT2D eigenvalue weighted by atomic mass is 16.2. The zero-order valence-corrected chi connectivity index (χ0v) is 16.5. The molecular weight excluding hydrogens is 360 g/mol. The molecule has 29 heavy (non-hydrogen) atoms. The molecule has 1 saturated heterocycles. The van der Waals surface area contributed by atoms with Crippen LogP contribution in [0, 0.1) is 0 Å².